The fourth-order valence-corrected chi connectivity index (χ4v) is 5.10. The summed E-state index contributed by atoms with van der Waals surface area (Å²) in [5.74, 6) is 1.69. The standard InChI is InChI=1S/C26H27BrN4O2/c1-17-14-31(15-18(2)33-17)25-22-16-30(26(32)20-9-6-10-21(27)13-20)12-11-23(22)28-24(29-25)19-7-4-3-5-8-19/h3-10,13,17-18H,11-12,14-16H2,1-2H3. The highest BCUT2D eigenvalue weighted by atomic mass is 79.9. The van der Waals surface area contributed by atoms with E-state index < -0.39 is 0 Å². The molecule has 2 aliphatic rings. The summed E-state index contributed by atoms with van der Waals surface area (Å²) in [6.07, 6.45) is 0.935. The van der Waals surface area contributed by atoms with Crippen LogP contribution in [0.1, 0.15) is 35.5 Å². The second kappa shape index (κ2) is 9.23. The fourth-order valence-electron chi connectivity index (χ4n) is 4.70. The maximum atomic E-state index is 13.3. The Morgan fingerprint density at radius 1 is 1.03 bits per heavy atom. The molecular formula is C26H27BrN4O2. The maximum Gasteiger partial charge on any atom is 0.254 e. The number of halogens is 1. The molecule has 1 amide bonds. The number of ether oxygens (including phenoxy) is 1. The zero-order valence-electron chi connectivity index (χ0n) is 18.9. The molecule has 3 heterocycles. The Morgan fingerprint density at radius 2 is 1.79 bits per heavy atom. The summed E-state index contributed by atoms with van der Waals surface area (Å²) in [5.41, 5.74) is 3.77. The number of carbonyl (C=O) groups excluding carboxylic acids is 1. The number of carbonyl (C=O) groups is 1. The molecule has 3 aromatic rings. The van der Waals surface area contributed by atoms with Crippen LogP contribution in [0, 0.1) is 0 Å². The Morgan fingerprint density at radius 3 is 2.52 bits per heavy atom. The van der Waals surface area contributed by atoms with E-state index in [1.54, 1.807) is 0 Å². The average Bonchev–Trinajstić information content (AvgIpc) is 2.82. The Bertz CT molecular complexity index is 1160. The van der Waals surface area contributed by atoms with Crippen LogP contribution < -0.4 is 4.90 Å². The summed E-state index contributed by atoms with van der Waals surface area (Å²) in [6.45, 7) is 6.86. The molecule has 0 radical (unpaired) electrons. The van der Waals surface area contributed by atoms with E-state index in [-0.39, 0.29) is 18.1 Å². The lowest BCUT2D eigenvalue weighted by molar-refractivity contribution is -0.00558. The minimum Gasteiger partial charge on any atom is -0.372 e. The van der Waals surface area contributed by atoms with Crippen LogP contribution >= 0.6 is 15.9 Å². The molecule has 5 rings (SSSR count). The van der Waals surface area contributed by atoms with E-state index in [0.717, 1.165) is 46.0 Å². The first-order valence-electron chi connectivity index (χ1n) is 11.4. The SMILES string of the molecule is CC1CN(c2nc(-c3ccccc3)nc3c2CN(C(=O)c2cccc(Br)c2)CC3)CC(C)O1. The summed E-state index contributed by atoms with van der Waals surface area (Å²) < 4.78 is 6.87. The lowest BCUT2D eigenvalue weighted by atomic mass is 10.0. The van der Waals surface area contributed by atoms with E-state index in [4.69, 9.17) is 14.7 Å². The summed E-state index contributed by atoms with van der Waals surface area (Å²) in [4.78, 5) is 27.5. The molecular weight excluding hydrogens is 480 g/mol. The van der Waals surface area contributed by atoms with E-state index in [1.807, 2.05) is 59.5 Å². The summed E-state index contributed by atoms with van der Waals surface area (Å²) in [6, 6.07) is 17.7. The number of nitrogens with zero attached hydrogens (tertiary/aromatic N) is 4. The molecule has 170 valence electrons. The Balaban J connectivity index is 1.54. The van der Waals surface area contributed by atoms with Crippen molar-refractivity contribution in [1.82, 2.24) is 14.9 Å². The second-order valence-electron chi connectivity index (χ2n) is 8.81. The van der Waals surface area contributed by atoms with Crippen LogP contribution in [0.15, 0.2) is 59.1 Å². The summed E-state index contributed by atoms with van der Waals surface area (Å²) in [5, 5.41) is 0. The van der Waals surface area contributed by atoms with Crippen LogP contribution in [0.4, 0.5) is 5.82 Å². The van der Waals surface area contributed by atoms with Gasteiger partial charge in [0.2, 0.25) is 0 Å². The Hall–Kier alpha value is -2.77. The molecule has 1 aromatic heterocycles. The molecule has 0 aliphatic carbocycles. The van der Waals surface area contributed by atoms with Crippen molar-refractivity contribution < 1.29 is 9.53 Å². The van der Waals surface area contributed by atoms with Crippen molar-refractivity contribution in [2.24, 2.45) is 0 Å². The molecule has 1 saturated heterocycles. The van der Waals surface area contributed by atoms with Crippen molar-refractivity contribution in [3.8, 4) is 11.4 Å². The van der Waals surface area contributed by atoms with Gasteiger partial charge in [0.05, 0.1) is 24.4 Å². The molecule has 2 aromatic carbocycles. The second-order valence-corrected chi connectivity index (χ2v) is 9.73. The van der Waals surface area contributed by atoms with Gasteiger partial charge in [-0.2, -0.15) is 0 Å². The lowest BCUT2D eigenvalue weighted by Gasteiger charge is -2.39. The normalized spacial score (nSPS) is 20.5. The van der Waals surface area contributed by atoms with Crippen LogP contribution in [0.3, 0.4) is 0 Å². The van der Waals surface area contributed by atoms with E-state index >= 15 is 0 Å². The molecule has 6 nitrogen and oxygen atoms in total. The number of anilines is 1. The molecule has 2 aliphatic heterocycles. The third-order valence-corrected chi connectivity index (χ3v) is 6.64. The highest BCUT2D eigenvalue weighted by Crippen LogP contribution is 2.32. The van der Waals surface area contributed by atoms with Crippen molar-refractivity contribution in [1.29, 1.82) is 0 Å². The van der Waals surface area contributed by atoms with Crippen molar-refractivity contribution >= 4 is 27.7 Å². The predicted molar refractivity (Wildman–Crippen MR) is 132 cm³/mol. The minimum absolute atomic E-state index is 0.0312. The number of fused-ring (bicyclic) bond motifs is 1. The Labute approximate surface area is 202 Å². The molecule has 33 heavy (non-hydrogen) atoms. The number of benzene rings is 2. The number of amides is 1. The largest absolute Gasteiger partial charge is 0.372 e. The molecule has 0 spiro atoms. The van der Waals surface area contributed by atoms with Crippen molar-refractivity contribution in [2.75, 3.05) is 24.5 Å². The molecule has 0 bridgehead atoms. The Kier molecular flexibility index (Phi) is 6.17. The van der Waals surface area contributed by atoms with E-state index in [0.29, 0.717) is 25.1 Å². The van der Waals surface area contributed by atoms with Crippen LogP contribution in [0.2, 0.25) is 0 Å². The zero-order valence-corrected chi connectivity index (χ0v) is 20.5. The van der Waals surface area contributed by atoms with Crippen LogP contribution in [0.5, 0.6) is 0 Å². The lowest BCUT2D eigenvalue weighted by Crippen LogP contribution is -2.47. The molecule has 0 N–H and O–H groups in total. The van der Waals surface area contributed by atoms with Gasteiger partial charge in [-0.3, -0.25) is 4.79 Å². The van der Waals surface area contributed by atoms with Crippen LogP contribution in [-0.4, -0.2) is 52.6 Å². The number of hydrogen-bond acceptors (Lipinski definition) is 5. The fraction of sp³-hybridized carbons (Fsp3) is 0.346. The van der Waals surface area contributed by atoms with Gasteiger partial charge in [0.15, 0.2) is 5.82 Å². The van der Waals surface area contributed by atoms with Crippen LogP contribution in [0.25, 0.3) is 11.4 Å². The topological polar surface area (TPSA) is 58.6 Å². The van der Waals surface area contributed by atoms with Gasteiger partial charge in [0.1, 0.15) is 5.82 Å². The van der Waals surface area contributed by atoms with Gasteiger partial charge in [0.25, 0.3) is 5.91 Å². The third kappa shape index (κ3) is 4.66. The van der Waals surface area contributed by atoms with E-state index in [1.165, 1.54) is 0 Å². The predicted octanol–water partition coefficient (Wildman–Crippen LogP) is 4.72. The molecule has 0 saturated carbocycles. The van der Waals surface area contributed by atoms with Gasteiger partial charge in [-0.15, -0.1) is 0 Å². The number of hydrogen-bond donors (Lipinski definition) is 0. The van der Waals surface area contributed by atoms with Gasteiger partial charge in [-0.25, -0.2) is 9.97 Å². The number of aromatic nitrogens is 2. The van der Waals surface area contributed by atoms with Crippen LogP contribution in [-0.2, 0) is 17.7 Å². The zero-order chi connectivity index (χ0) is 22.9. The van der Waals surface area contributed by atoms with Gasteiger partial charge >= 0.3 is 0 Å². The quantitative estimate of drug-likeness (QED) is 0.514. The highest BCUT2D eigenvalue weighted by molar-refractivity contribution is 9.10. The van der Waals surface area contributed by atoms with Gasteiger partial charge < -0.3 is 14.5 Å². The molecule has 7 heteroatoms. The number of morpholine rings is 1. The van der Waals surface area contributed by atoms with Crippen molar-refractivity contribution in [3.63, 3.8) is 0 Å². The first-order valence-corrected chi connectivity index (χ1v) is 12.2. The first-order chi connectivity index (χ1) is 16.0. The van der Waals surface area contributed by atoms with E-state index in [9.17, 15) is 4.79 Å². The minimum atomic E-state index is 0.0312. The number of rotatable bonds is 3. The average molecular weight is 507 g/mol. The van der Waals surface area contributed by atoms with Gasteiger partial charge in [-0.05, 0) is 32.0 Å². The first kappa shape index (κ1) is 22.0. The third-order valence-electron chi connectivity index (χ3n) is 6.15. The smallest absolute Gasteiger partial charge is 0.254 e. The van der Waals surface area contributed by atoms with Crippen molar-refractivity contribution in [3.05, 3.63) is 75.9 Å². The van der Waals surface area contributed by atoms with Gasteiger partial charge in [0, 0.05) is 47.2 Å². The van der Waals surface area contributed by atoms with Crippen molar-refractivity contribution in [2.45, 2.75) is 39.0 Å². The molecule has 2 unspecified atom stereocenters. The monoisotopic (exact) mass is 506 g/mol. The molecule has 2 atom stereocenters. The van der Waals surface area contributed by atoms with E-state index in [2.05, 4.69) is 34.7 Å². The maximum absolute atomic E-state index is 13.3. The highest BCUT2D eigenvalue weighted by Gasteiger charge is 2.31. The summed E-state index contributed by atoms with van der Waals surface area (Å²) in [7, 11) is 0. The van der Waals surface area contributed by atoms with Gasteiger partial charge in [-0.1, -0.05) is 52.3 Å². The molecule has 1 fully saturated rings. The summed E-state index contributed by atoms with van der Waals surface area (Å²) >= 11 is 3.48.